The summed E-state index contributed by atoms with van der Waals surface area (Å²) in [4.78, 5) is 20.1. The van der Waals surface area contributed by atoms with Crippen LogP contribution in [0.15, 0.2) is 30.3 Å². The number of nitrogens with zero attached hydrogens (tertiary/aromatic N) is 1. The van der Waals surface area contributed by atoms with Crippen LogP contribution in [0.25, 0.3) is 11.6 Å². The number of benzene rings is 2. The van der Waals surface area contributed by atoms with E-state index in [0.29, 0.717) is 39.8 Å². The third-order valence-electron chi connectivity index (χ3n) is 4.70. The number of aliphatic carboxylic acids is 1. The molecule has 0 radical (unpaired) electrons. The minimum Gasteiger partial charge on any atom is -0.495 e. The summed E-state index contributed by atoms with van der Waals surface area (Å²) in [5.74, 6) is 0.376. The van der Waals surface area contributed by atoms with Crippen molar-refractivity contribution in [2.45, 2.75) is 18.9 Å². The number of primary amides is 1. The molecule has 1 atom stereocenters. The van der Waals surface area contributed by atoms with Gasteiger partial charge in [0.05, 0.1) is 51.8 Å². The Morgan fingerprint density at radius 3 is 2.00 bits per heavy atom. The minimum atomic E-state index is -0.975. The number of rotatable bonds is 10. The van der Waals surface area contributed by atoms with E-state index in [2.05, 4.69) is 6.07 Å². The molecule has 35 heavy (non-hydrogen) atoms. The summed E-state index contributed by atoms with van der Waals surface area (Å²) >= 11 is 0. The van der Waals surface area contributed by atoms with Crippen molar-refractivity contribution in [1.82, 2.24) is 0 Å². The smallest absolute Gasteiger partial charge is 0.303 e. The first-order valence-electron chi connectivity index (χ1n) is 10.2. The number of carboxylic acid groups (broad SMARTS) is 1. The second kappa shape index (κ2) is 14.0. The zero-order valence-corrected chi connectivity index (χ0v) is 20.0. The zero-order valence-electron chi connectivity index (χ0n) is 20.0. The number of nitrogen functional groups attached to an aromatic ring is 1. The highest BCUT2D eigenvalue weighted by molar-refractivity contribution is 5.91. The molecule has 0 aromatic heterocycles. The number of nitriles is 1. The van der Waals surface area contributed by atoms with Crippen LogP contribution in [0.5, 0.6) is 23.0 Å². The van der Waals surface area contributed by atoms with Gasteiger partial charge in [0.15, 0.2) is 11.5 Å². The van der Waals surface area contributed by atoms with E-state index in [9.17, 15) is 14.9 Å². The van der Waals surface area contributed by atoms with Crippen molar-refractivity contribution >= 4 is 29.2 Å². The Balaban J connectivity index is 0.000000518. The maximum absolute atomic E-state index is 10.2. The fourth-order valence-corrected chi connectivity index (χ4v) is 2.85. The van der Waals surface area contributed by atoms with E-state index in [4.69, 9.17) is 41.3 Å². The SMILES string of the molecule is COc1ccc(/C=C(/C#N)c2cc(OC)c(OC)c(OC)c2)cc1N.NC(=O)[C@H](N)CCC(=O)O. The number of allylic oxidation sites excluding steroid dienone is 1. The van der Waals surface area contributed by atoms with Gasteiger partial charge in [0.2, 0.25) is 11.7 Å². The van der Waals surface area contributed by atoms with Gasteiger partial charge in [0.1, 0.15) is 5.75 Å². The van der Waals surface area contributed by atoms with Gasteiger partial charge in [-0.15, -0.1) is 0 Å². The van der Waals surface area contributed by atoms with Gasteiger partial charge in [-0.3, -0.25) is 9.59 Å². The van der Waals surface area contributed by atoms with E-state index < -0.39 is 17.9 Å². The van der Waals surface area contributed by atoms with Crippen molar-refractivity contribution in [2.75, 3.05) is 34.2 Å². The fraction of sp³-hybridized carbons (Fsp3) is 0.292. The molecule has 0 aliphatic heterocycles. The maximum Gasteiger partial charge on any atom is 0.303 e. The molecule has 11 heteroatoms. The van der Waals surface area contributed by atoms with Gasteiger partial charge in [-0.1, -0.05) is 6.07 Å². The van der Waals surface area contributed by atoms with Crippen LogP contribution in [0, 0.1) is 11.3 Å². The summed E-state index contributed by atoms with van der Waals surface area (Å²) in [6.07, 6.45) is 1.71. The Hall–Kier alpha value is -4.43. The highest BCUT2D eigenvalue weighted by Crippen LogP contribution is 2.40. The van der Waals surface area contributed by atoms with E-state index in [1.165, 1.54) is 21.3 Å². The molecule has 7 N–H and O–H groups in total. The number of nitrogens with two attached hydrogens (primary N) is 3. The number of carboxylic acids is 1. The number of hydrogen-bond donors (Lipinski definition) is 4. The third-order valence-corrected chi connectivity index (χ3v) is 4.70. The Kier molecular flexibility index (Phi) is 11.4. The molecule has 0 aliphatic carbocycles. The molecule has 11 nitrogen and oxygen atoms in total. The van der Waals surface area contributed by atoms with Crippen molar-refractivity contribution in [1.29, 1.82) is 5.26 Å². The Morgan fingerprint density at radius 1 is 1.03 bits per heavy atom. The predicted octanol–water partition coefficient (Wildman–Crippen LogP) is 2.03. The monoisotopic (exact) mass is 486 g/mol. The van der Waals surface area contributed by atoms with Crippen molar-refractivity contribution in [3.8, 4) is 29.1 Å². The molecule has 2 aromatic carbocycles. The van der Waals surface area contributed by atoms with Gasteiger partial charge in [0, 0.05) is 6.42 Å². The Bertz CT molecular complexity index is 1080. The van der Waals surface area contributed by atoms with E-state index in [1.807, 2.05) is 6.07 Å². The van der Waals surface area contributed by atoms with E-state index in [0.717, 1.165) is 5.56 Å². The second-order valence-corrected chi connectivity index (χ2v) is 7.03. The normalized spacial score (nSPS) is 11.3. The van der Waals surface area contributed by atoms with Crippen LogP contribution in [0.2, 0.25) is 0 Å². The highest BCUT2D eigenvalue weighted by Gasteiger charge is 2.15. The lowest BCUT2D eigenvalue weighted by molar-refractivity contribution is -0.137. The topological polar surface area (TPSA) is 193 Å². The number of hydrogen-bond acceptors (Lipinski definition) is 9. The lowest BCUT2D eigenvalue weighted by Gasteiger charge is -2.14. The molecule has 0 saturated carbocycles. The molecule has 2 aromatic rings. The summed E-state index contributed by atoms with van der Waals surface area (Å²) in [6, 6.07) is 10.1. The predicted molar refractivity (Wildman–Crippen MR) is 131 cm³/mol. The molecule has 0 heterocycles. The molecular weight excluding hydrogens is 456 g/mol. The number of carbonyl (C=O) groups is 2. The first kappa shape index (κ1) is 28.6. The summed E-state index contributed by atoms with van der Waals surface area (Å²) in [6.45, 7) is 0. The molecule has 188 valence electrons. The molecule has 0 bridgehead atoms. The van der Waals surface area contributed by atoms with Gasteiger partial charge in [0.25, 0.3) is 0 Å². The first-order chi connectivity index (χ1) is 16.6. The first-order valence-corrected chi connectivity index (χ1v) is 10.2. The van der Waals surface area contributed by atoms with Crippen LogP contribution in [-0.4, -0.2) is 51.5 Å². The summed E-state index contributed by atoms with van der Waals surface area (Å²) in [5, 5.41) is 17.7. The van der Waals surface area contributed by atoms with Crippen molar-refractivity contribution in [3.05, 3.63) is 41.5 Å². The van der Waals surface area contributed by atoms with E-state index in [-0.39, 0.29) is 12.8 Å². The average Bonchev–Trinajstić information content (AvgIpc) is 2.85. The van der Waals surface area contributed by atoms with Gasteiger partial charge in [-0.2, -0.15) is 5.26 Å². The fourth-order valence-electron chi connectivity index (χ4n) is 2.85. The van der Waals surface area contributed by atoms with Crippen molar-refractivity contribution < 1.29 is 33.6 Å². The third kappa shape index (κ3) is 8.45. The van der Waals surface area contributed by atoms with Crippen LogP contribution in [-0.2, 0) is 9.59 Å². The number of amides is 1. The van der Waals surface area contributed by atoms with Crippen LogP contribution in [0.1, 0.15) is 24.0 Å². The molecule has 2 rings (SSSR count). The lowest BCUT2D eigenvalue weighted by atomic mass is 10.0. The van der Waals surface area contributed by atoms with Crippen LogP contribution in [0.3, 0.4) is 0 Å². The summed E-state index contributed by atoms with van der Waals surface area (Å²) < 4.78 is 21.1. The molecular formula is C24H30N4O7. The maximum atomic E-state index is 10.2. The van der Waals surface area contributed by atoms with E-state index in [1.54, 1.807) is 37.5 Å². The van der Waals surface area contributed by atoms with Crippen LogP contribution < -0.4 is 36.1 Å². The molecule has 0 saturated heterocycles. The van der Waals surface area contributed by atoms with Gasteiger partial charge in [-0.25, -0.2) is 0 Å². The number of anilines is 1. The summed E-state index contributed by atoms with van der Waals surface area (Å²) in [5.41, 5.74) is 18.2. The largest absolute Gasteiger partial charge is 0.495 e. The van der Waals surface area contributed by atoms with Crippen LogP contribution >= 0.6 is 0 Å². The van der Waals surface area contributed by atoms with Crippen molar-refractivity contribution in [3.63, 3.8) is 0 Å². The summed E-state index contributed by atoms with van der Waals surface area (Å²) in [7, 11) is 6.14. The Morgan fingerprint density at radius 2 is 1.60 bits per heavy atom. The molecule has 1 amide bonds. The van der Waals surface area contributed by atoms with Gasteiger partial charge < -0.3 is 41.3 Å². The zero-order chi connectivity index (χ0) is 26.5. The lowest BCUT2D eigenvalue weighted by Crippen LogP contribution is -2.36. The van der Waals surface area contributed by atoms with E-state index >= 15 is 0 Å². The molecule has 0 fully saturated rings. The van der Waals surface area contributed by atoms with Gasteiger partial charge >= 0.3 is 5.97 Å². The standard InChI is InChI=1S/C19H20N2O4.C5H10N2O3/c1-22-16-6-5-12(8-15(16)21)7-14(11-20)13-9-17(23-2)19(25-4)18(10-13)24-3;6-3(5(7)10)1-2-4(8)9/h5-10H,21H2,1-4H3;3H,1-2,6H2,(H2,7,10)(H,8,9)/b14-7-;/t;3-/m.1/s1. The number of methoxy groups -OCH3 is 4. The quantitative estimate of drug-likeness (QED) is 0.219. The minimum absolute atomic E-state index is 0.102. The average molecular weight is 487 g/mol. The second-order valence-electron chi connectivity index (χ2n) is 7.03. The molecule has 0 aliphatic rings. The van der Waals surface area contributed by atoms with Crippen molar-refractivity contribution in [2.24, 2.45) is 11.5 Å². The van der Waals surface area contributed by atoms with Gasteiger partial charge in [-0.05, 0) is 47.9 Å². The molecule has 0 spiro atoms. The highest BCUT2D eigenvalue weighted by atomic mass is 16.5. The number of ether oxygens (including phenoxy) is 4. The van der Waals surface area contributed by atoms with Crippen LogP contribution in [0.4, 0.5) is 5.69 Å². The number of carbonyl (C=O) groups excluding carboxylic acids is 1. The molecule has 0 unspecified atom stereocenters. The Labute approximate surface area is 203 Å².